The van der Waals surface area contributed by atoms with Crippen molar-refractivity contribution >= 4 is 39.5 Å². The van der Waals surface area contributed by atoms with E-state index in [1.165, 1.54) is 96.3 Å². The van der Waals surface area contributed by atoms with Gasteiger partial charge in [0.25, 0.3) is 0 Å². The number of carbonyl (C=O) groups is 4. The standard InChI is InChI=1S/C68H128O17P2/c1-8-11-12-13-14-15-16-17-18-19-20-21-27-37-44-51-67(72)84-64(56-79-66(71)50-43-36-31-30-34-41-48-61(7)10-3)58-83-87(76,77)81-54-62(69)53-80-86(74,75)82-57-63(55-78-65(70)49-42-35-29-24-25-32-39-46-59(4)5)85-68(73)52-45-38-28-23-22-26-33-40-47-60(6)9-2/h15-18,59-64,69H,8-14,19-58H2,1-7H3,(H,74,75)(H,76,77)/b16-15-,18-17-/t60?,61?,62-,63-,64-/m1/s1. The number of phosphoric ester groups is 2. The third-order valence-electron chi connectivity index (χ3n) is 15.7. The van der Waals surface area contributed by atoms with Gasteiger partial charge in [-0.3, -0.25) is 37.3 Å². The average Bonchev–Trinajstić information content (AvgIpc) is 3.71. The number of ether oxygens (including phenoxy) is 4. The highest BCUT2D eigenvalue weighted by Crippen LogP contribution is 2.45. The quantitative estimate of drug-likeness (QED) is 0.0169. The Labute approximate surface area is 529 Å². The Balaban J connectivity index is 5.30. The molecule has 3 N–H and O–H groups in total. The number of hydrogen-bond donors (Lipinski definition) is 3. The summed E-state index contributed by atoms with van der Waals surface area (Å²) in [5.74, 6) is 0.0348. The van der Waals surface area contributed by atoms with E-state index in [0.29, 0.717) is 31.6 Å². The molecule has 0 aliphatic carbocycles. The van der Waals surface area contributed by atoms with E-state index in [-0.39, 0.29) is 25.7 Å². The van der Waals surface area contributed by atoms with Gasteiger partial charge in [0.05, 0.1) is 26.4 Å². The predicted octanol–water partition coefficient (Wildman–Crippen LogP) is 18.6. The molecule has 0 fully saturated rings. The van der Waals surface area contributed by atoms with Gasteiger partial charge in [-0.1, -0.05) is 259 Å². The van der Waals surface area contributed by atoms with Gasteiger partial charge in [-0.15, -0.1) is 0 Å². The van der Waals surface area contributed by atoms with Gasteiger partial charge in [-0.05, 0) is 69.1 Å². The number of carbonyl (C=O) groups excluding carboxylic acids is 4. The second kappa shape index (κ2) is 58.6. The second-order valence-corrected chi connectivity index (χ2v) is 27.7. The zero-order valence-corrected chi connectivity index (χ0v) is 57.7. The van der Waals surface area contributed by atoms with Crippen LogP contribution < -0.4 is 0 Å². The molecule has 87 heavy (non-hydrogen) atoms. The Morgan fingerprint density at radius 1 is 0.379 bits per heavy atom. The van der Waals surface area contributed by atoms with Crippen molar-refractivity contribution < 1.29 is 80.2 Å². The zero-order chi connectivity index (χ0) is 64.5. The molecule has 0 spiro atoms. The van der Waals surface area contributed by atoms with E-state index in [9.17, 15) is 43.2 Å². The van der Waals surface area contributed by atoms with E-state index >= 15 is 0 Å². The average molecular weight is 1280 g/mol. The molecule has 0 aromatic heterocycles. The maximum Gasteiger partial charge on any atom is 0.472 e. The van der Waals surface area contributed by atoms with Crippen molar-refractivity contribution in [2.45, 2.75) is 330 Å². The van der Waals surface area contributed by atoms with Crippen LogP contribution in [-0.4, -0.2) is 96.7 Å². The van der Waals surface area contributed by atoms with Crippen molar-refractivity contribution in [3.63, 3.8) is 0 Å². The van der Waals surface area contributed by atoms with Crippen molar-refractivity contribution in [2.75, 3.05) is 39.6 Å². The largest absolute Gasteiger partial charge is 0.472 e. The van der Waals surface area contributed by atoms with Crippen molar-refractivity contribution in [3.8, 4) is 0 Å². The number of allylic oxidation sites excluding steroid dienone is 4. The highest BCUT2D eigenvalue weighted by atomic mass is 31.2. The number of rotatable bonds is 64. The fourth-order valence-electron chi connectivity index (χ4n) is 9.58. The molecule has 0 saturated carbocycles. The smallest absolute Gasteiger partial charge is 0.462 e. The van der Waals surface area contributed by atoms with Crippen molar-refractivity contribution in [2.24, 2.45) is 17.8 Å². The first kappa shape index (κ1) is 84.5. The van der Waals surface area contributed by atoms with Gasteiger partial charge in [0.1, 0.15) is 19.3 Å². The van der Waals surface area contributed by atoms with E-state index in [1.54, 1.807) is 0 Å². The molecule has 17 nitrogen and oxygen atoms in total. The van der Waals surface area contributed by atoms with Gasteiger partial charge >= 0.3 is 39.5 Å². The number of aliphatic hydroxyl groups is 1. The van der Waals surface area contributed by atoms with Crippen LogP contribution >= 0.6 is 15.6 Å². The summed E-state index contributed by atoms with van der Waals surface area (Å²) in [5.41, 5.74) is 0. The van der Waals surface area contributed by atoms with Gasteiger partial charge < -0.3 is 33.8 Å². The lowest BCUT2D eigenvalue weighted by Gasteiger charge is -2.21. The van der Waals surface area contributed by atoms with Crippen LogP contribution in [0.5, 0.6) is 0 Å². The van der Waals surface area contributed by atoms with Gasteiger partial charge in [0, 0.05) is 25.7 Å². The Morgan fingerprint density at radius 3 is 1.02 bits per heavy atom. The predicted molar refractivity (Wildman–Crippen MR) is 349 cm³/mol. The monoisotopic (exact) mass is 1280 g/mol. The normalized spacial score (nSPS) is 15.1. The molecule has 0 amide bonds. The summed E-state index contributed by atoms with van der Waals surface area (Å²) in [5, 5.41) is 10.6. The second-order valence-electron chi connectivity index (χ2n) is 24.8. The van der Waals surface area contributed by atoms with E-state index in [1.807, 2.05) is 0 Å². The third kappa shape index (κ3) is 59.6. The molecule has 0 aromatic rings. The molecular weight excluding hydrogens is 1150 g/mol. The topological polar surface area (TPSA) is 237 Å². The Kier molecular flexibility index (Phi) is 57.0. The fraction of sp³-hybridized carbons (Fsp3) is 0.882. The summed E-state index contributed by atoms with van der Waals surface area (Å²) in [4.78, 5) is 72.4. The summed E-state index contributed by atoms with van der Waals surface area (Å²) in [6.45, 7) is 11.7. The maximum absolute atomic E-state index is 13.0. The van der Waals surface area contributed by atoms with Crippen LogP contribution in [0.3, 0.4) is 0 Å². The summed E-state index contributed by atoms with van der Waals surface area (Å²) >= 11 is 0. The lowest BCUT2D eigenvalue weighted by molar-refractivity contribution is -0.161. The van der Waals surface area contributed by atoms with Crippen LogP contribution in [0.2, 0.25) is 0 Å². The van der Waals surface area contributed by atoms with Crippen molar-refractivity contribution in [3.05, 3.63) is 24.3 Å². The molecule has 7 atom stereocenters. The molecule has 0 aromatic carbocycles. The number of phosphoric acid groups is 2. The molecule has 0 rings (SSSR count). The highest BCUT2D eigenvalue weighted by Gasteiger charge is 2.30. The third-order valence-corrected chi connectivity index (χ3v) is 17.6. The SMILES string of the molecule is CCCCCC/C=C\C=C/CCCCCCCC(=O)O[C@H](COC(=O)CCCCCCCCC(C)CC)COP(=O)(O)OC[C@H](O)COP(=O)(O)OC[C@@H](COC(=O)CCCCCCCCCC(C)C)OC(=O)CCCCCCCCCCC(C)CC. The van der Waals surface area contributed by atoms with Gasteiger partial charge in [-0.2, -0.15) is 0 Å². The summed E-state index contributed by atoms with van der Waals surface area (Å²) in [6, 6.07) is 0. The summed E-state index contributed by atoms with van der Waals surface area (Å²) < 4.78 is 68.1. The fourth-order valence-corrected chi connectivity index (χ4v) is 11.2. The van der Waals surface area contributed by atoms with Crippen LogP contribution in [0.15, 0.2) is 24.3 Å². The van der Waals surface area contributed by atoms with E-state index in [0.717, 1.165) is 127 Å². The molecule has 19 heteroatoms. The number of hydrogen-bond acceptors (Lipinski definition) is 15. The number of aliphatic hydroxyl groups excluding tert-OH is 1. The maximum atomic E-state index is 13.0. The van der Waals surface area contributed by atoms with E-state index < -0.39 is 97.5 Å². The summed E-state index contributed by atoms with van der Waals surface area (Å²) in [7, 11) is -9.91. The molecule has 0 bridgehead atoms. The lowest BCUT2D eigenvalue weighted by Crippen LogP contribution is -2.30. The minimum Gasteiger partial charge on any atom is -0.462 e. The minimum atomic E-state index is -4.96. The molecule has 0 radical (unpaired) electrons. The first-order valence-corrected chi connectivity index (χ1v) is 37.7. The first-order valence-electron chi connectivity index (χ1n) is 34.7. The Bertz CT molecular complexity index is 1810. The minimum absolute atomic E-state index is 0.0834. The first-order chi connectivity index (χ1) is 41.8. The Hall–Kier alpha value is -2.46. The van der Waals surface area contributed by atoms with E-state index in [4.69, 9.17) is 37.0 Å². The van der Waals surface area contributed by atoms with Crippen molar-refractivity contribution in [1.82, 2.24) is 0 Å². The summed E-state index contributed by atoms with van der Waals surface area (Å²) in [6.07, 6.45) is 44.0. The van der Waals surface area contributed by atoms with Gasteiger partial charge in [0.15, 0.2) is 12.2 Å². The molecule has 0 aliphatic rings. The lowest BCUT2D eigenvalue weighted by atomic mass is 9.99. The van der Waals surface area contributed by atoms with Crippen LogP contribution in [0, 0.1) is 17.8 Å². The van der Waals surface area contributed by atoms with Crippen LogP contribution in [0.4, 0.5) is 0 Å². The van der Waals surface area contributed by atoms with Gasteiger partial charge in [-0.25, -0.2) is 9.13 Å². The highest BCUT2D eigenvalue weighted by molar-refractivity contribution is 7.47. The van der Waals surface area contributed by atoms with Crippen LogP contribution in [-0.2, 0) is 65.4 Å². The molecule has 0 heterocycles. The molecule has 0 aliphatic heterocycles. The number of esters is 4. The van der Waals surface area contributed by atoms with Crippen LogP contribution in [0.1, 0.15) is 312 Å². The molecule has 512 valence electrons. The van der Waals surface area contributed by atoms with Crippen LogP contribution in [0.25, 0.3) is 0 Å². The molecule has 0 saturated heterocycles. The Morgan fingerprint density at radius 2 is 0.678 bits per heavy atom. The van der Waals surface area contributed by atoms with Gasteiger partial charge in [0.2, 0.25) is 0 Å². The van der Waals surface area contributed by atoms with Crippen molar-refractivity contribution in [1.29, 1.82) is 0 Å². The zero-order valence-electron chi connectivity index (χ0n) is 56.0. The number of unbranched alkanes of at least 4 members (excludes halogenated alkanes) is 27. The van der Waals surface area contributed by atoms with E-state index in [2.05, 4.69) is 72.8 Å². The molecular formula is C68H128O17P2. The molecule has 4 unspecified atom stereocenters.